The molecule has 7 heteroatoms. The minimum absolute atomic E-state index is 0.254. The summed E-state index contributed by atoms with van der Waals surface area (Å²) in [6.45, 7) is 0. The van der Waals surface area contributed by atoms with Crippen molar-refractivity contribution in [3.05, 3.63) is 48.4 Å². The van der Waals surface area contributed by atoms with E-state index < -0.39 is 5.97 Å². The summed E-state index contributed by atoms with van der Waals surface area (Å²) in [6.07, 6.45) is 1.61. The van der Waals surface area contributed by atoms with Crippen LogP contribution in [0.2, 0.25) is 0 Å². The lowest BCUT2D eigenvalue weighted by Gasteiger charge is -1.99. The van der Waals surface area contributed by atoms with Gasteiger partial charge in [-0.25, -0.2) is 9.78 Å². The lowest BCUT2D eigenvalue weighted by Crippen LogP contribution is -2.00. The van der Waals surface area contributed by atoms with Crippen molar-refractivity contribution in [1.29, 1.82) is 0 Å². The molecular formula is C14H8N4O2S. The molecule has 0 saturated heterocycles. The van der Waals surface area contributed by atoms with Crippen LogP contribution in [0.4, 0.5) is 0 Å². The minimum Gasteiger partial charge on any atom is -0.475 e. The van der Waals surface area contributed by atoms with Gasteiger partial charge in [-0.3, -0.25) is 0 Å². The van der Waals surface area contributed by atoms with Crippen LogP contribution >= 0.6 is 11.3 Å². The monoisotopic (exact) mass is 296 g/mol. The molecular weight excluding hydrogens is 288 g/mol. The average molecular weight is 296 g/mol. The maximum Gasteiger partial charge on any atom is 0.375 e. The zero-order chi connectivity index (χ0) is 14.4. The maximum atomic E-state index is 11.0. The first-order chi connectivity index (χ1) is 10.2. The third kappa shape index (κ3) is 1.86. The minimum atomic E-state index is -1.16. The number of hydrogen-bond donors (Lipinski definition) is 1. The van der Waals surface area contributed by atoms with Gasteiger partial charge in [0, 0.05) is 10.9 Å². The SMILES string of the molecule is O=C(O)c1nc2nccc(-c3cc4ccccc4s3)n2n1. The lowest BCUT2D eigenvalue weighted by atomic mass is 10.2. The Kier molecular flexibility index (Phi) is 2.48. The van der Waals surface area contributed by atoms with Gasteiger partial charge in [0.2, 0.25) is 0 Å². The number of hydrogen-bond acceptors (Lipinski definition) is 5. The van der Waals surface area contributed by atoms with Crippen LogP contribution in [0.15, 0.2) is 42.6 Å². The summed E-state index contributed by atoms with van der Waals surface area (Å²) in [4.78, 5) is 19.9. The Morgan fingerprint density at radius 1 is 1.24 bits per heavy atom. The van der Waals surface area contributed by atoms with Gasteiger partial charge in [-0.15, -0.1) is 16.4 Å². The van der Waals surface area contributed by atoms with E-state index in [1.807, 2.05) is 24.3 Å². The zero-order valence-corrected chi connectivity index (χ0v) is 11.4. The number of thiophene rings is 1. The van der Waals surface area contributed by atoms with Crippen molar-refractivity contribution in [2.45, 2.75) is 0 Å². The smallest absolute Gasteiger partial charge is 0.375 e. The van der Waals surface area contributed by atoms with Gasteiger partial charge in [0.05, 0.1) is 10.6 Å². The van der Waals surface area contributed by atoms with Gasteiger partial charge in [0.25, 0.3) is 11.6 Å². The van der Waals surface area contributed by atoms with Gasteiger partial charge in [-0.05, 0) is 23.6 Å². The predicted molar refractivity (Wildman–Crippen MR) is 78.6 cm³/mol. The van der Waals surface area contributed by atoms with Crippen LogP contribution in [0.25, 0.3) is 26.4 Å². The van der Waals surface area contributed by atoms with Gasteiger partial charge in [-0.2, -0.15) is 9.50 Å². The molecule has 0 aliphatic heterocycles. The van der Waals surface area contributed by atoms with E-state index >= 15 is 0 Å². The molecule has 0 saturated carbocycles. The molecule has 102 valence electrons. The second kappa shape index (κ2) is 4.35. The zero-order valence-electron chi connectivity index (χ0n) is 10.6. The Bertz CT molecular complexity index is 956. The number of aromatic nitrogens is 4. The lowest BCUT2D eigenvalue weighted by molar-refractivity contribution is 0.0684. The van der Waals surface area contributed by atoms with E-state index in [0.29, 0.717) is 0 Å². The van der Waals surface area contributed by atoms with Crippen LogP contribution in [0.1, 0.15) is 10.6 Å². The van der Waals surface area contributed by atoms with E-state index in [1.165, 1.54) is 4.52 Å². The number of fused-ring (bicyclic) bond motifs is 2. The molecule has 0 spiro atoms. The molecule has 0 radical (unpaired) electrons. The van der Waals surface area contributed by atoms with E-state index in [2.05, 4.69) is 21.1 Å². The van der Waals surface area contributed by atoms with Crippen LogP contribution in [0, 0.1) is 0 Å². The molecule has 0 aliphatic carbocycles. The fraction of sp³-hybridized carbons (Fsp3) is 0. The molecule has 21 heavy (non-hydrogen) atoms. The summed E-state index contributed by atoms with van der Waals surface area (Å²) in [7, 11) is 0. The number of nitrogens with zero attached hydrogens (tertiary/aromatic N) is 4. The Hall–Kier alpha value is -2.80. The molecule has 4 aromatic rings. The third-order valence-corrected chi connectivity index (χ3v) is 4.25. The largest absolute Gasteiger partial charge is 0.475 e. The number of carboxylic acid groups (broad SMARTS) is 1. The standard InChI is InChI=1S/C14H8N4O2S/c19-13(20)12-16-14-15-6-5-9(18(14)17-12)11-7-8-3-1-2-4-10(8)21-11/h1-7H,(H,19,20). The first kappa shape index (κ1) is 12.0. The van der Waals surface area contributed by atoms with Crippen LogP contribution in [0.5, 0.6) is 0 Å². The summed E-state index contributed by atoms with van der Waals surface area (Å²) in [5, 5.41) is 14.1. The third-order valence-electron chi connectivity index (χ3n) is 3.11. The number of aromatic carboxylic acids is 1. The second-order valence-corrected chi connectivity index (χ2v) is 5.51. The van der Waals surface area contributed by atoms with Crippen molar-refractivity contribution in [2.24, 2.45) is 0 Å². The fourth-order valence-corrected chi connectivity index (χ4v) is 3.25. The molecule has 0 atom stereocenters. The number of rotatable bonds is 2. The van der Waals surface area contributed by atoms with Gasteiger partial charge in [-0.1, -0.05) is 18.2 Å². The molecule has 6 nitrogen and oxygen atoms in total. The van der Waals surface area contributed by atoms with Crippen LogP contribution in [0.3, 0.4) is 0 Å². The van der Waals surface area contributed by atoms with Crippen LogP contribution in [-0.2, 0) is 0 Å². The van der Waals surface area contributed by atoms with Crippen molar-refractivity contribution < 1.29 is 9.90 Å². The Morgan fingerprint density at radius 2 is 2.10 bits per heavy atom. The van der Waals surface area contributed by atoms with Gasteiger partial charge < -0.3 is 5.11 Å². The van der Waals surface area contributed by atoms with Crippen molar-refractivity contribution in [3.63, 3.8) is 0 Å². The summed E-state index contributed by atoms with van der Waals surface area (Å²) in [6, 6.07) is 11.9. The first-order valence-corrected chi connectivity index (χ1v) is 6.98. The van der Waals surface area contributed by atoms with E-state index in [-0.39, 0.29) is 11.6 Å². The highest BCUT2D eigenvalue weighted by atomic mass is 32.1. The molecule has 4 rings (SSSR count). The summed E-state index contributed by atoms with van der Waals surface area (Å²) < 4.78 is 2.63. The predicted octanol–water partition coefficient (Wildman–Crippen LogP) is 2.70. The fourth-order valence-electron chi connectivity index (χ4n) is 2.18. The number of carbonyl (C=O) groups is 1. The van der Waals surface area contributed by atoms with Gasteiger partial charge in [0.15, 0.2) is 0 Å². The summed E-state index contributed by atoms with van der Waals surface area (Å²) in [5.41, 5.74) is 0.779. The van der Waals surface area contributed by atoms with Gasteiger partial charge in [0.1, 0.15) is 0 Å². The van der Waals surface area contributed by atoms with E-state index in [0.717, 1.165) is 20.7 Å². The average Bonchev–Trinajstić information content (AvgIpc) is 3.10. The van der Waals surface area contributed by atoms with Crippen molar-refractivity contribution in [3.8, 4) is 10.6 Å². The Balaban J connectivity index is 1.98. The van der Waals surface area contributed by atoms with E-state index in [4.69, 9.17) is 5.11 Å². The Morgan fingerprint density at radius 3 is 2.90 bits per heavy atom. The molecule has 0 amide bonds. The van der Waals surface area contributed by atoms with Crippen molar-refractivity contribution in [1.82, 2.24) is 19.6 Å². The van der Waals surface area contributed by atoms with Crippen LogP contribution < -0.4 is 0 Å². The normalized spacial score (nSPS) is 11.2. The molecule has 0 unspecified atom stereocenters. The molecule has 0 aliphatic rings. The quantitative estimate of drug-likeness (QED) is 0.615. The number of benzene rings is 1. The summed E-state index contributed by atoms with van der Waals surface area (Å²) >= 11 is 1.62. The molecule has 0 bridgehead atoms. The molecule has 3 aromatic heterocycles. The molecule has 0 fully saturated rings. The van der Waals surface area contributed by atoms with Crippen molar-refractivity contribution >= 4 is 33.2 Å². The summed E-state index contributed by atoms with van der Waals surface area (Å²) in [5.74, 6) is -1.14. The maximum absolute atomic E-state index is 11.0. The molecule has 3 heterocycles. The first-order valence-electron chi connectivity index (χ1n) is 6.16. The molecule has 1 aromatic carbocycles. The second-order valence-electron chi connectivity index (χ2n) is 4.43. The van der Waals surface area contributed by atoms with Gasteiger partial charge >= 0.3 is 5.97 Å². The highest BCUT2D eigenvalue weighted by Gasteiger charge is 2.15. The highest BCUT2D eigenvalue weighted by molar-refractivity contribution is 7.22. The van der Waals surface area contributed by atoms with E-state index in [9.17, 15) is 4.79 Å². The van der Waals surface area contributed by atoms with Crippen molar-refractivity contribution in [2.75, 3.05) is 0 Å². The molecule has 1 N–H and O–H groups in total. The highest BCUT2D eigenvalue weighted by Crippen LogP contribution is 2.32. The van der Waals surface area contributed by atoms with E-state index in [1.54, 1.807) is 23.6 Å². The Labute approximate surface area is 122 Å². The van der Waals surface area contributed by atoms with Crippen LogP contribution in [-0.4, -0.2) is 30.7 Å². The number of carboxylic acids is 1. The topological polar surface area (TPSA) is 80.4 Å².